The molecule has 0 N–H and O–H groups in total. The molecule has 0 saturated carbocycles. The average molecular weight is 602 g/mol. The number of thiazole rings is 1. The van der Waals surface area contributed by atoms with E-state index in [-0.39, 0.29) is 31.2 Å². The number of likely N-dealkylation sites (N-methyl/N-ethyl adjacent to an activating group) is 1. The molecule has 0 fully saturated rings. The highest BCUT2D eigenvalue weighted by molar-refractivity contribution is 7.09. The van der Waals surface area contributed by atoms with Crippen molar-refractivity contribution in [1.82, 2.24) is 14.8 Å². The van der Waals surface area contributed by atoms with Gasteiger partial charge in [-0.1, -0.05) is 42.5 Å². The van der Waals surface area contributed by atoms with Crippen LogP contribution in [-0.2, 0) is 32.2 Å². The second kappa shape index (κ2) is 13.8. The molecule has 0 radical (unpaired) electrons. The number of rotatable bonds is 12. The van der Waals surface area contributed by atoms with E-state index in [1.165, 1.54) is 23.5 Å². The van der Waals surface area contributed by atoms with Crippen LogP contribution >= 0.6 is 11.3 Å². The molecule has 6 nitrogen and oxygen atoms in total. The van der Waals surface area contributed by atoms with Crippen molar-refractivity contribution in [1.29, 1.82) is 0 Å². The Morgan fingerprint density at radius 1 is 0.905 bits per heavy atom. The summed E-state index contributed by atoms with van der Waals surface area (Å²) < 4.78 is 65.0. The molecule has 222 valence electrons. The quantitative estimate of drug-likeness (QED) is 0.167. The van der Waals surface area contributed by atoms with E-state index in [4.69, 9.17) is 9.47 Å². The molecule has 11 heteroatoms. The van der Waals surface area contributed by atoms with Gasteiger partial charge < -0.3 is 14.4 Å². The molecule has 1 heterocycles. The smallest absolute Gasteiger partial charge is 0.416 e. The lowest BCUT2D eigenvalue weighted by Crippen LogP contribution is -2.29. The fourth-order valence-electron chi connectivity index (χ4n) is 4.44. The zero-order chi connectivity index (χ0) is 30.3. The van der Waals surface area contributed by atoms with Crippen LogP contribution in [0.4, 0.5) is 17.6 Å². The Morgan fingerprint density at radius 2 is 1.67 bits per heavy atom. The number of nitrogens with zero attached hydrogens (tertiary/aromatic N) is 3. The van der Waals surface area contributed by atoms with Crippen LogP contribution in [-0.4, -0.2) is 48.5 Å². The van der Waals surface area contributed by atoms with Crippen molar-refractivity contribution < 1.29 is 31.8 Å². The molecule has 4 aromatic rings. The fraction of sp³-hybridized carbons (Fsp3) is 0.290. The monoisotopic (exact) mass is 601 g/mol. The number of amides is 1. The minimum atomic E-state index is -4.47. The van der Waals surface area contributed by atoms with Gasteiger partial charge in [0.05, 0.1) is 26.3 Å². The Labute approximate surface area is 246 Å². The third-order valence-corrected chi connectivity index (χ3v) is 7.51. The molecule has 0 bridgehead atoms. The van der Waals surface area contributed by atoms with E-state index in [1.807, 2.05) is 23.1 Å². The number of carbonyl (C=O) groups excluding carboxylic acids is 1. The van der Waals surface area contributed by atoms with Crippen LogP contribution in [0.15, 0.2) is 72.1 Å². The molecule has 0 spiro atoms. The molecule has 42 heavy (non-hydrogen) atoms. The first-order chi connectivity index (χ1) is 20.1. The number of benzene rings is 3. The zero-order valence-electron chi connectivity index (χ0n) is 23.5. The van der Waals surface area contributed by atoms with Crippen molar-refractivity contribution in [3.05, 3.63) is 111 Å². The van der Waals surface area contributed by atoms with Crippen LogP contribution in [0.1, 0.15) is 37.7 Å². The van der Waals surface area contributed by atoms with E-state index in [9.17, 15) is 22.4 Å². The van der Waals surface area contributed by atoms with Crippen LogP contribution in [0.25, 0.3) is 0 Å². The van der Waals surface area contributed by atoms with Gasteiger partial charge in [0.1, 0.15) is 16.5 Å². The van der Waals surface area contributed by atoms with Crippen molar-refractivity contribution >= 4 is 17.2 Å². The number of alkyl halides is 3. The Hall–Kier alpha value is -3.96. The summed E-state index contributed by atoms with van der Waals surface area (Å²) in [6.07, 6.45) is -3.88. The Kier molecular flexibility index (Phi) is 10.2. The maximum absolute atomic E-state index is 14.5. The van der Waals surface area contributed by atoms with Gasteiger partial charge in [0, 0.05) is 37.6 Å². The maximum Gasteiger partial charge on any atom is 0.416 e. The first kappa shape index (κ1) is 31.0. The lowest BCUT2D eigenvalue weighted by molar-refractivity contribution is -0.137. The Balaban J connectivity index is 1.45. The number of aromatic nitrogens is 1. The molecule has 0 atom stereocenters. The minimum Gasteiger partial charge on any atom is -0.493 e. The lowest BCUT2D eigenvalue weighted by atomic mass is 10.1. The van der Waals surface area contributed by atoms with Gasteiger partial charge >= 0.3 is 6.18 Å². The molecule has 4 rings (SSSR count). The number of methoxy groups -OCH3 is 2. The summed E-state index contributed by atoms with van der Waals surface area (Å²) in [4.78, 5) is 21.0. The number of hydrogen-bond donors (Lipinski definition) is 0. The molecule has 0 aliphatic carbocycles. The summed E-state index contributed by atoms with van der Waals surface area (Å²) in [6, 6.07) is 16.9. The molecular weight excluding hydrogens is 570 g/mol. The van der Waals surface area contributed by atoms with E-state index >= 15 is 0 Å². The molecular formula is C31H31F4N3O3S. The van der Waals surface area contributed by atoms with Gasteiger partial charge in [0.15, 0.2) is 11.5 Å². The molecule has 0 aliphatic rings. The number of ether oxygens (including phenoxy) is 2. The second-order valence-electron chi connectivity index (χ2n) is 9.73. The summed E-state index contributed by atoms with van der Waals surface area (Å²) in [5, 5.41) is 2.26. The van der Waals surface area contributed by atoms with Gasteiger partial charge in [-0.05, 0) is 41.8 Å². The van der Waals surface area contributed by atoms with E-state index < -0.39 is 17.6 Å². The number of carbonyl (C=O) groups is 1. The molecule has 3 aromatic carbocycles. The summed E-state index contributed by atoms with van der Waals surface area (Å²) in [5.74, 6) is 0.574. The van der Waals surface area contributed by atoms with Gasteiger partial charge in [-0.25, -0.2) is 9.37 Å². The van der Waals surface area contributed by atoms with Crippen molar-refractivity contribution in [2.45, 2.75) is 32.2 Å². The van der Waals surface area contributed by atoms with E-state index in [0.29, 0.717) is 40.6 Å². The van der Waals surface area contributed by atoms with Crippen LogP contribution in [0.2, 0.25) is 0 Å². The fourth-order valence-corrected chi connectivity index (χ4v) is 5.25. The average Bonchev–Trinajstić information content (AvgIpc) is 3.44. The van der Waals surface area contributed by atoms with Crippen molar-refractivity contribution in [2.24, 2.45) is 0 Å². The zero-order valence-corrected chi connectivity index (χ0v) is 24.3. The van der Waals surface area contributed by atoms with Crippen LogP contribution < -0.4 is 9.47 Å². The van der Waals surface area contributed by atoms with E-state index in [1.54, 1.807) is 55.8 Å². The number of hydrogen-bond acceptors (Lipinski definition) is 6. The second-order valence-corrected chi connectivity index (χ2v) is 10.7. The first-order valence-electron chi connectivity index (χ1n) is 13.1. The molecule has 1 aromatic heterocycles. The van der Waals surface area contributed by atoms with Crippen molar-refractivity contribution in [2.75, 3.05) is 27.8 Å². The third kappa shape index (κ3) is 8.07. The summed E-state index contributed by atoms with van der Waals surface area (Å²) in [7, 11) is 4.82. The van der Waals surface area contributed by atoms with Crippen molar-refractivity contribution in [3.8, 4) is 11.5 Å². The highest BCUT2D eigenvalue weighted by atomic mass is 32.1. The van der Waals surface area contributed by atoms with Gasteiger partial charge in [0.25, 0.3) is 5.91 Å². The predicted molar refractivity (Wildman–Crippen MR) is 153 cm³/mol. The van der Waals surface area contributed by atoms with Gasteiger partial charge in [-0.15, -0.1) is 11.3 Å². The van der Waals surface area contributed by atoms with Crippen LogP contribution in [0.3, 0.4) is 0 Å². The standard InChI is InChI=1S/C31H31F4N3O3S/c1-37(14-13-21-11-12-27(40-2)28(16-21)41-3)30(39)26-20-42-29(36-26)19-38(18-23-8-4-5-10-25(23)32)17-22-7-6-9-24(15-22)31(33,34)35/h4-12,15-16,20H,13-14,17-19H2,1-3H3. The molecule has 0 saturated heterocycles. The topological polar surface area (TPSA) is 54.9 Å². The molecule has 0 unspecified atom stereocenters. The largest absolute Gasteiger partial charge is 0.493 e. The van der Waals surface area contributed by atoms with Gasteiger partial charge in [-0.3, -0.25) is 9.69 Å². The first-order valence-corrected chi connectivity index (χ1v) is 14.0. The normalized spacial score (nSPS) is 11.5. The summed E-state index contributed by atoms with van der Waals surface area (Å²) >= 11 is 1.28. The van der Waals surface area contributed by atoms with Crippen LogP contribution in [0, 0.1) is 5.82 Å². The lowest BCUT2D eigenvalue weighted by Gasteiger charge is -2.22. The van der Waals surface area contributed by atoms with Gasteiger partial charge in [-0.2, -0.15) is 13.2 Å². The summed E-state index contributed by atoms with van der Waals surface area (Å²) in [5.41, 5.74) is 1.35. The van der Waals surface area contributed by atoms with E-state index in [0.717, 1.165) is 17.7 Å². The van der Waals surface area contributed by atoms with Crippen LogP contribution in [0.5, 0.6) is 11.5 Å². The Bertz CT molecular complexity index is 1510. The minimum absolute atomic E-state index is 0.131. The summed E-state index contributed by atoms with van der Waals surface area (Å²) in [6.45, 7) is 0.942. The molecule has 1 amide bonds. The van der Waals surface area contributed by atoms with Crippen molar-refractivity contribution in [3.63, 3.8) is 0 Å². The Morgan fingerprint density at radius 3 is 2.38 bits per heavy atom. The third-order valence-electron chi connectivity index (χ3n) is 6.67. The highest BCUT2D eigenvalue weighted by Crippen LogP contribution is 2.30. The predicted octanol–water partition coefficient (Wildman–Crippen LogP) is 6.84. The number of halogens is 4. The van der Waals surface area contributed by atoms with Gasteiger partial charge in [0.2, 0.25) is 0 Å². The molecule has 0 aliphatic heterocycles. The maximum atomic E-state index is 14.5. The van der Waals surface area contributed by atoms with E-state index in [2.05, 4.69) is 4.98 Å². The SMILES string of the molecule is COc1ccc(CCN(C)C(=O)c2csc(CN(Cc3cccc(C(F)(F)F)c3)Cc3ccccc3F)n2)cc1OC. The highest BCUT2D eigenvalue weighted by Gasteiger charge is 2.30.